The lowest BCUT2D eigenvalue weighted by Gasteiger charge is -2.09. The van der Waals surface area contributed by atoms with Crippen LogP contribution in [0.3, 0.4) is 0 Å². The molecule has 0 aliphatic rings. The van der Waals surface area contributed by atoms with Crippen molar-refractivity contribution in [1.82, 2.24) is 20.1 Å². The molecule has 0 unspecified atom stereocenters. The van der Waals surface area contributed by atoms with E-state index in [2.05, 4.69) is 15.5 Å². The van der Waals surface area contributed by atoms with Crippen LogP contribution in [0, 0.1) is 0 Å². The van der Waals surface area contributed by atoms with Crippen LogP contribution in [0.25, 0.3) is 0 Å². The van der Waals surface area contributed by atoms with Crippen molar-refractivity contribution in [2.45, 2.75) is 25.4 Å². The van der Waals surface area contributed by atoms with Crippen LogP contribution in [0.1, 0.15) is 23.4 Å². The molecule has 0 spiro atoms. The number of amides is 1. The molecule has 2 aromatic rings. The number of aromatic nitrogens is 3. The van der Waals surface area contributed by atoms with Crippen molar-refractivity contribution < 1.29 is 18.0 Å². The normalized spacial score (nSPS) is 11.5. The summed E-state index contributed by atoms with van der Waals surface area (Å²) in [6, 6.07) is 5.11. The third-order valence-corrected chi connectivity index (χ3v) is 3.37. The summed E-state index contributed by atoms with van der Waals surface area (Å²) in [6.45, 7) is 0.291. The Morgan fingerprint density at radius 3 is 2.74 bits per heavy atom. The molecule has 5 nitrogen and oxygen atoms in total. The van der Waals surface area contributed by atoms with E-state index in [4.69, 9.17) is 0 Å². The number of rotatable bonds is 6. The molecule has 0 bridgehead atoms. The van der Waals surface area contributed by atoms with E-state index >= 15 is 0 Å². The topological polar surface area (TPSA) is 59.8 Å². The Labute approximate surface area is 131 Å². The van der Waals surface area contributed by atoms with Crippen molar-refractivity contribution in [1.29, 1.82) is 0 Å². The number of nitrogens with zero attached hydrogens (tertiary/aromatic N) is 3. The summed E-state index contributed by atoms with van der Waals surface area (Å²) in [5.74, 6) is 0.540. The molecule has 0 atom stereocenters. The third kappa shape index (κ3) is 5.08. The number of hydrogen-bond donors (Lipinski definition) is 1. The largest absolute Gasteiger partial charge is 0.416 e. The Morgan fingerprint density at radius 1 is 1.30 bits per heavy atom. The van der Waals surface area contributed by atoms with Crippen LogP contribution in [0.5, 0.6) is 0 Å². The zero-order valence-corrected chi connectivity index (χ0v) is 12.6. The van der Waals surface area contributed by atoms with Gasteiger partial charge in [-0.2, -0.15) is 13.2 Å². The van der Waals surface area contributed by atoms with E-state index < -0.39 is 11.7 Å². The van der Waals surface area contributed by atoms with Crippen molar-refractivity contribution in [3.63, 3.8) is 0 Å². The SMILES string of the molecule is Cn1cnnc1CCC(=O)NCCc1cccc(C(F)(F)F)c1. The zero-order chi connectivity index (χ0) is 16.9. The molecule has 2 rings (SSSR count). The molecule has 1 N–H and O–H groups in total. The third-order valence-electron chi connectivity index (χ3n) is 3.37. The summed E-state index contributed by atoms with van der Waals surface area (Å²) < 4.78 is 39.5. The maximum Gasteiger partial charge on any atom is 0.416 e. The lowest BCUT2D eigenvalue weighted by atomic mass is 10.1. The minimum Gasteiger partial charge on any atom is -0.356 e. The van der Waals surface area contributed by atoms with Gasteiger partial charge in [-0.15, -0.1) is 10.2 Å². The van der Waals surface area contributed by atoms with Gasteiger partial charge in [0.15, 0.2) is 0 Å². The first-order chi connectivity index (χ1) is 10.9. The molecule has 1 aromatic carbocycles. The number of halogens is 3. The smallest absolute Gasteiger partial charge is 0.356 e. The average molecular weight is 326 g/mol. The molecule has 124 valence electrons. The molecule has 0 fully saturated rings. The van der Waals surface area contributed by atoms with Crippen molar-refractivity contribution >= 4 is 5.91 Å². The highest BCUT2D eigenvalue weighted by molar-refractivity contribution is 5.76. The van der Waals surface area contributed by atoms with Gasteiger partial charge in [0.2, 0.25) is 5.91 Å². The van der Waals surface area contributed by atoms with Gasteiger partial charge < -0.3 is 9.88 Å². The van der Waals surface area contributed by atoms with E-state index in [-0.39, 0.29) is 12.3 Å². The van der Waals surface area contributed by atoms with E-state index in [0.29, 0.717) is 30.8 Å². The molecule has 1 aromatic heterocycles. The lowest BCUT2D eigenvalue weighted by molar-refractivity contribution is -0.137. The van der Waals surface area contributed by atoms with E-state index in [1.165, 1.54) is 6.07 Å². The van der Waals surface area contributed by atoms with Crippen LogP contribution >= 0.6 is 0 Å². The first-order valence-electron chi connectivity index (χ1n) is 7.12. The van der Waals surface area contributed by atoms with Crippen LogP contribution < -0.4 is 5.32 Å². The fourth-order valence-electron chi connectivity index (χ4n) is 2.10. The quantitative estimate of drug-likeness (QED) is 0.885. The highest BCUT2D eigenvalue weighted by Gasteiger charge is 2.30. The van der Waals surface area contributed by atoms with Gasteiger partial charge in [0.05, 0.1) is 5.56 Å². The van der Waals surface area contributed by atoms with Gasteiger partial charge in [-0.25, -0.2) is 0 Å². The highest BCUT2D eigenvalue weighted by atomic mass is 19.4. The zero-order valence-electron chi connectivity index (χ0n) is 12.6. The second kappa shape index (κ2) is 7.26. The first kappa shape index (κ1) is 17.0. The summed E-state index contributed by atoms with van der Waals surface area (Å²) >= 11 is 0. The number of alkyl halides is 3. The average Bonchev–Trinajstić information content (AvgIpc) is 2.90. The Bertz CT molecular complexity index is 667. The van der Waals surface area contributed by atoms with Gasteiger partial charge in [0.1, 0.15) is 12.2 Å². The molecule has 8 heteroatoms. The van der Waals surface area contributed by atoms with Gasteiger partial charge in [-0.3, -0.25) is 4.79 Å². The number of carbonyl (C=O) groups is 1. The number of nitrogens with one attached hydrogen (secondary N) is 1. The van der Waals surface area contributed by atoms with E-state index in [1.54, 1.807) is 24.0 Å². The predicted octanol–water partition coefficient (Wildman–Crippen LogP) is 2.13. The lowest BCUT2D eigenvalue weighted by Crippen LogP contribution is -2.26. The van der Waals surface area contributed by atoms with Gasteiger partial charge >= 0.3 is 6.18 Å². The Kier molecular flexibility index (Phi) is 5.36. The van der Waals surface area contributed by atoms with Crippen molar-refractivity contribution in [3.05, 3.63) is 47.5 Å². The second-order valence-electron chi connectivity index (χ2n) is 5.16. The molecule has 0 saturated carbocycles. The summed E-state index contributed by atoms with van der Waals surface area (Å²) in [5.41, 5.74) is -0.142. The van der Waals surface area contributed by atoms with Gasteiger partial charge in [-0.05, 0) is 18.1 Å². The van der Waals surface area contributed by atoms with Crippen LogP contribution in [0.15, 0.2) is 30.6 Å². The van der Waals surface area contributed by atoms with E-state index in [9.17, 15) is 18.0 Å². The molecule has 1 heterocycles. The first-order valence-corrected chi connectivity index (χ1v) is 7.12. The summed E-state index contributed by atoms with van der Waals surface area (Å²) in [6.07, 6.45) is -1.73. The second-order valence-corrected chi connectivity index (χ2v) is 5.16. The van der Waals surface area contributed by atoms with Gasteiger partial charge in [0.25, 0.3) is 0 Å². The summed E-state index contributed by atoms with van der Waals surface area (Å²) in [5, 5.41) is 10.3. The predicted molar refractivity (Wildman–Crippen MR) is 77.5 cm³/mol. The molecule has 1 amide bonds. The standard InChI is InChI=1S/C15H17F3N4O/c1-22-10-20-21-13(22)5-6-14(23)19-8-7-11-3-2-4-12(9-11)15(16,17)18/h2-4,9-10H,5-8H2,1H3,(H,19,23). The summed E-state index contributed by atoms with van der Waals surface area (Å²) in [4.78, 5) is 11.7. The Balaban J connectivity index is 1.76. The number of carbonyl (C=O) groups excluding carboxylic acids is 1. The molecule has 0 radical (unpaired) electrons. The minimum absolute atomic E-state index is 0.167. The van der Waals surface area contributed by atoms with Crippen molar-refractivity contribution in [2.75, 3.05) is 6.54 Å². The van der Waals surface area contributed by atoms with Crippen LogP contribution in [-0.4, -0.2) is 27.2 Å². The Morgan fingerprint density at radius 2 is 2.09 bits per heavy atom. The van der Waals surface area contributed by atoms with Crippen LogP contribution in [-0.2, 0) is 30.9 Å². The molecular weight excluding hydrogens is 309 g/mol. The van der Waals surface area contributed by atoms with Gasteiger partial charge in [-0.1, -0.05) is 18.2 Å². The number of benzene rings is 1. The van der Waals surface area contributed by atoms with Crippen LogP contribution in [0.4, 0.5) is 13.2 Å². The van der Waals surface area contributed by atoms with E-state index in [0.717, 1.165) is 12.1 Å². The van der Waals surface area contributed by atoms with Crippen molar-refractivity contribution in [3.8, 4) is 0 Å². The maximum absolute atomic E-state index is 12.6. The fraction of sp³-hybridized carbons (Fsp3) is 0.400. The molecule has 23 heavy (non-hydrogen) atoms. The number of aryl methyl sites for hydroxylation is 2. The molecule has 0 aliphatic heterocycles. The number of hydrogen-bond acceptors (Lipinski definition) is 3. The summed E-state index contributed by atoms with van der Waals surface area (Å²) in [7, 11) is 1.79. The maximum atomic E-state index is 12.6. The monoisotopic (exact) mass is 326 g/mol. The highest BCUT2D eigenvalue weighted by Crippen LogP contribution is 2.29. The van der Waals surface area contributed by atoms with Crippen LogP contribution in [0.2, 0.25) is 0 Å². The fourth-order valence-corrected chi connectivity index (χ4v) is 2.10. The van der Waals surface area contributed by atoms with E-state index in [1.807, 2.05) is 0 Å². The molecule has 0 saturated heterocycles. The molecule has 0 aliphatic carbocycles. The van der Waals surface area contributed by atoms with Crippen molar-refractivity contribution in [2.24, 2.45) is 7.05 Å². The minimum atomic E-state index is -4.35. The van der Waals surface area contributed by atoms with Gasteiger partial charge in [0, 0.05) is 26.4 Å². The molecular formula is C15H17F3N4O. The Hall–Kier alpha value is -2.38.